The minimum Gasteiger partial charge on any atom is -0.361 e. The van der Waals surface area contributed by atoms with Crippen LogP contribution in [0.3, 0.4) is 0 Å². The van der Waals surface area contributed by atoms with Crippen molar-refractivity contribution in [3.05, 3.63) is 63.5 Å². The molecule has 0 fully saturated rings. The lowest BCUT2D eigenvalue weighted by atomic mass is 10.2. The van der Waals surface area contributed by atoms with E-state index in [1.807, 2.05) is 42.6 Å². The summed E-state index contributed by atoms with van der Waals surface area (Å²) in [5.74, 6) is -0.00261. The summed E-state index contributed by atoms with van der Waals surface area (Å²) < 4.78 is 0. The summed E-state index contributed by atoms with van der Waals surface area (Å²) in [6.07, 6.45) is 3.16. The van der Waals surface area contributed by atoms with Gasteiger partial charge in [0.2, 0.25) is 0 Å². The van der Waals surface area contributed by atoms with Gasteiger partial charge >= 0.3 is 0 Å². The molecule has 1 aromatic carbocycles. The first kappa shape index (κ1) is 12.9. The summed E-state index contributed by atoms with van der Waals surface area (Å²) >= 11 is 7.34. The molecule has 0 aliphatic carbocycles. The highest BCUT2D eigenvalue weighted by Gasteiger charge is 2.01. The van der Waals surface area contributed by atoms with Gasteiger partial charge in [0.05, 0.1) is 4.88 Å². The van der Waals surface area contributed by atoms with Crippen molar-refractivity contribution >= 4 is 34.4 Å². The van der Waals surface area contributed by atoms with Gasteiger partial charge in [-0.25, -0.2) is 0 Å². The van der Waals surface area contributed by atoms with Gasteiger partial charge in [-0.1, -0.05) is 23.7 Å². The fourth-order valence-corrected chi connectivity index (χ4v) is 2.27. The molecule has 0 aliphatic rings. The van der Waals surface area contributed by atoms with Crippen molar-refractivity contribution in [1.82, 2.24) is 0 Å². The van der Waals surface area contributed by atoms with Crippen LogP contribution < -0.4 is 5.32 Å². The number of anilines is 1. The molecule has 92 valence electrons. The number of hydrogen-bond donors (Lipinski definition) is 1. The van der Waals surface area contributed by atoms with Gasteiger partial charge < -0.3 is 5.32 Å². The molecule has 0 aliphatic heterocycles. The highest BCUT2D eigenvalue weighted by atomic mass is 35.5. The normalized spacial score (nSPS) is 10.8. The number of benzene rings is 1. The molecule has 0 saturated heterocycles. The largest absolute Gasteiger partial charge is 0.361 e. The van der Waals surface area contributed by atoms with E-state index in [4.69, 9.17) is 11.6 Å². The van der Waals surface area contributed by atoms with E-state index in [0.717, 1.165) is 16.1 Å². The third-order valence-corrected chi connectivity index (χ3v) is 3.56. The summed E-state index contributed by atoms with van der Waals surface area (Å²) in [6, 6.07) is 9.27. The van der Waals surface area contributed by atoms with Crippen LogP contribution in [0.25, 0.3) is 0 Å². The van der Waals surface area contributed by atoms with Gasteiger partial charge in [0.1, 0.15) is 0 Å². The molecular formula is C14H12ClNOS. The van der Waals surface area contributed by atoms with E-state index in [1.165, 1.54) is 17.4 Å². The minimum absolute atomic E-state index is 0.00261. The number of carbonyl (C=O) groups is 1. The molecule has 2 aromatic rings. The van der Waals surface area contributed by atoms with E-state index in [9.17, 15) is 4.79 Å². The van der Waals surface area contributed by atoms with Crippen LogP contribution in [0.2, 0.25) is 5.02 Å². The molecule has 0 radical (unpaired) electrons. The Hall–Kier alpha value is -1.58. The molecule has 0 spiro atoms. The first-order valence-corrected chi connectivity index (χ1v) is 6.69. The molecule has 4 heteroatoms. The quantitative estimate of drug-likeness (QED) is 0.658. The number of nitrogens with one attached hydrogen (secondary N) is 1. The van der Waals surface area contributed by atoms with E-state index < -0.39 is 0 Å². The van der Waals surface area contributed by atoms with Crippen LogP contribution in [-0.2, 0) is 0 Å². The number of aryl methyl sites for hydroxylation is 1. The van der Waals surface area contributed by atoms with Gasteiger partial charge in [0.15, 0.2) is 5.78 Å². The van der Waals surface area contributed by atoms with Crippen molar-refractivity contribution in [3.8, 4) is 0 Å². The van der Waals surface area contributed by atoms with Crippen molar-refractivity contribution in [2.75, 3.05) is 5.32 Å². The Kier molecular flexibility index (Phi) is 4.18. The predicted octanol–water partition coefficient (Wildman–Crippen LogP) is 4.52. The average Bonchev–Trinajstić information content (AvgIpc) is 2.87. The zero-order valence-corrected chi connectivity index (χ0v) is 11.4. The molecule has 1 N–H and O–H groups in total. The molecule has 18 heavy (non-hydrogen) atoms. The van der Waals surface area contributed by atoms with Gasteiger partial charge in [-0.2, -0.15) is 0 Å². The number of rotatable bonds is 4. The second kappa shape index (κ2) is 5.85. The van der Waals surface area contributed by atoms with Crippen LogP contribution in [0.15, 0.2) is 48.0 Å². The number of carbonyl (C=O) groups excluding carboxylic acids is 1. The van der Waals surface area contributed by atoms with Crippen molar-refractivity contribution in [2.45, 2.75) is 6.92 Å². The monoisotopic (exact) mass is 277 g/mol. The van der Waals surface area contributed by atoms with Crippen LogP contribution in [0.4, 0.5) is 5.69 Å². The average molecular weight is 278 g/mol. The van der Waals surface area contributed by atoms with Crippen molar-refractivity contribution in [2.24, 2.45) is 0 Å². The molecule has 0 saturated carbocycles. The van der Waals surface area contributed by atoms with Crippen molar-refractivity contribution < 1.29 is 4.79 Å². The van der Waals surface area contributed by atoms with E-state index >= 15 is 0 Å². The third kappa shape index (κ3) is 3.22. The van der Waals surface area contributed by atoms with Gasteiger partial charge in [-0.05, 0) is 36.1 Å². The Morgan fingerprint density at radius 2 is 2.22 bits per heavy atom. The summed E-state index contributed by atoms with van der Waals surface area (Å²) in [4.78, 5) is 12.4. The smallest absolute Gasteiger partial charge is 0.197 e. The molecular weight excluding hydrogens is 266 g/mol. The maximum atomic E-state index is 11.7. The van der Waals surface area contributed by atoms with Crippen LogP contribution >= 0.6 is 22.9 Å². The third-order valence-electron chi connectivity index (χ3n) is 2.44. The second-order valence-electron chi connectivity index (χ2n) is 3.78. The maximum Gasteiger partial charge on any atom is 0.197 e. The Morgan fingerprint density at radius 1 is 1.39 bits per heavy atom. The topological polar surface area (TPSA) is 29.1 Å². The number of hydrogen-bond acceptors (Lipinski definition) is 3. The Morgan fingerprint density at radius 3 is 2.94 bits per heavy atom. The molecule has 0 unspecified atom stereocenters. The molecule has 1 heterocycles. The highest BCUT2D eigenvalue weighted by Crippen LogP contribution is 2.20. The number of ketones is 1. The maximum absolute atomic E-state index is 11.7. The van der Waals surface area contributed by atoms with E-state index in [2.05, 4.69) is 5.32 Å². The lowest BCUT2D eigenvalue weighted by Crippen LogP contribution is -1.94. The van der Waals surface area contributed by atoms with Crippen molar-refractivity contribution in [1.29, 1.82) is 0 Å². The Balaban J connectivity index is 2.03. The number of thiophene rings is 1. The van der Waals surface area contributed by atoms with E-state index in [1.54, 1.807) is 6.20 Å². The summed E-state index contributed by atoms with van der Waals surface area (Å²) in [7, 11) is 0. The molecule has 0 atom stereocenters. The zero-order chi connectivity index (χ0) is 13.0. The molecule has 2 nitrogen and oxygen atoms in total. The van der Waals surface area contributed by atoms with Crippen molar-refractivity contribution in [3.63, 3.8) is 0 Å². The van der Waals surface area contributed by atoms with Gasteiger partial charge in [0, 0.05) is 23.0 Å². The van der Waals surface area contributed by atoms with Gasteiger partial charge in [-0.3, -0.25) is 4.79 Å². The Labute approximate surface area is 115 Å². The van der Waals surface area contributed by atoms with Crippen LogP contribution in [0, 0.1) is 6.92 Å². The van der Waals surface area contributed by atoms with E-state index in [0.29, 0.717) is 5.02 Å². The standard InChI is InChI=1S/C14H12ClNOS/c1-10-4-5-11(15)9-12(10)16-7-6-13(17)14-3-2-8-18-14/h2-9,16H,1H3/b7-6+. The predicted molar refractivity (Wildman–Crippen MR) is 77.6 cm³/mol. The Bertz CT molecular complexity index is 575. The van der Waals surface area contributed by atoms with E-state index in [-0.39, 0.29) is 5.78 Å². The molecule has 0 amide bonds. The summed E-state index contributed by atoms with van der Waals surface area (Å²) in [5, 5.41) is 5.62. The number of halogens is 1. The van der Waals surface area contributed by atoms with Crippen LogP contribution in [-0.4, -0.2) is 5.78 Å². The second-order valence-corrected chi connectivity index (χ2v) is 5.16. The zero-order valence-electron chi connectivity index (χ0n) is 9.81. The fourth-order valence-electron chi connectivity index (χ4n) is 1.46. The summed E-state index contributed by atoms with van der Waals surface area (Å²) in [5.41, 5.74) is 1.98. The molecule has 2 rings (SSSR count). The highest BCUT2D eigenvalue weighted by molar-refractivity contribution is 7.12. The van der Waals surface area contributed by atoms with Gasteiger partial charge in [0.25, 0.3) is 0 Å². The molecule has 1 aromatic heterocycles. The lowest BCUT2D eigenvalue weighted by molar-refractivity contribution is 0.105. The SMILES string of the molecule is Cc1ccc(Cl)cc1N/C=C/C(=O)c1cccs1. The molecule has 0 bridgehead atoms. The minimum atomic E-state index is -0.00261. The first-order valence-electron chi connectivity index (χ1n) is 5.44. The van der Waals surface area contributed by atoms with Crippen LogP contribution in [0.1, 0.15) is 15.2 Å². The lowest BCUT2D eigenvalue weighted by Gasteiger charge is -2.05. The summed E-state index contributed by atoms with van der Waals surface area (Å²) in [6.45, 7) is 1.98. The van der Waals surface area contributed by atoms with Crippen LogP contribution in [0.5, 0.6) is 0 Å². The fraction of sp³-hybridized carbons (Fsp3) is 0.0714. The first-order chi connectivity index (χ1) is 8.66. The van der Waals surface area contributed by atoms with Gasteiger partial charge in [-0.15, -0.1) is 11.3 Å². The number of allylic oxidation sites excluding steroid dienone is 1.